The van der Waals surface area contributed by atoms with E-state index in [4.69, 9.17) is 4.74 Å². The van der Waals surface area contributed by atoms with E-state index in [1.165, 1.54) is 6.92 Å². The van der Waals surface area contributed by atoms with Gasteiger partial charge in [-0.3, -0.25) is 19.3 Å². The standard InChI is InChI=1S/C18H23N3O5/c1-5-19-15(23)12(3)26-14(22)10-21-16(24)18(4,20-17(21)25)13-8-6-11(2)7-9-13/h6-9,12H,5,10H2,1-4H3,(H,19,23)(H,20,25)/t12-,18-/m0/s1. The van der Waals surface area contributed by atoms with E-state index in [-0.39, 0.29) is 0 Å². The van der Waals surface area contributed by atoms with Gasteiger partial charge in [-0.2, -0.15) is 0 Å². The van der Waals surface area contributed by atoms with E-state index in [0.29, 0.717) is 12.1 Å². The normalized spacial score (nSPS) is 20.5. The van der Waals surface area contributed by atoms with E-state index in [2.05, 4.69) is 10.6 Å². The van der Waals surface area contributed by atoms with Crippen LogP contribution >= 0.6 is 0 Å². The number of hydrogen-bond acceptors (Lipinski definition) is 5. The Balaban J connectivity index is 2.08. The molecule has 2 rings (SSSR count). The van der Waals surface area contributed by atoms with Crippen molar-refractivity contribution >= 4 is 23.8 Å². The molecular weight excluding hydrogens is 338 g/mol. The van der Waals surface area contributed by atoms with Gasteiger partial charge in [0, 0.05) is 6.54 Å². The third-order valence-corrected chi connectivity index (χ3v) is 4.22. The number of nitrogens with zero attached hydrogens (tertiary/aromatic N) is 1. The van der Waals surface area contributed by atoms with Crippen LogP contribution in [0.4, 0.5) is 4.79 Å². The van der Waals surface area contributed by atoms with Crippen molar-refractivity contribution in [2.45, 2.75) is 39.3 Å². The zero-order chi connectivity index (χ0) is 19.5. The summed E-state index contributed by atoms with van der Waals surface area (Å²) < 4.78 is 4.99. The molecule has 1 aliphatic heterocycles. The predicted molar refractivity (Wildman–Crippen MR) is 93.0 cm³/mol. The summed E-state index contributed by atoms with van der Waals surface area (Å²) in [5.41, 5.74) is 0.387. The molecule has 140 valence electrons. The van der Waals surface area contributed by atoms with Gasteiger partial charge in [0.05, 0.1) is 0 Å². The molecule has 1 fully saturated rings. The molecule has 1 aromatic carbocycles. The zero-order valence-corrected chi connectivity index (χ0v) is 15.3. The molecular formula is C18H23N3O5. The maximum Gasteiger partial charge on any atom is 0.327 e. The molecule has 0 aliphatic carbocycles. The van der Waals surface area contributed by atoms with Crippen LogP contribution in [0.5, 0.6) is 0 Å². The van der Waals surface area contributed by atoms with Crippen molar-refractivity contribution in [2.75, 3.05) is 13.1 Å². The van der Waals surface area contributed by atoms with Crippen LogP contribution in [0.1, 0.15) is 31.9 Å². The van der Waals surface area contributed by atoms with E-state index >= 15 is 0 Å². The Morgan fingerprint density at radius 1 is 1.27 bits per heavy atom. The molecule has 1 heterocycles. The molecule has 0 aromatic heterocycles. The fraction of sp³-hybridized carbons (Fsp3) is 0.444. The smallest absolute Gasteiger partial charge is 0.327 e. The van der Waals surface area contributed by atoms with Crippen molar-refractivity contribution < 1.29 is 23.9 Å². The highest BCUT2D eigenvalue weighted by Gasteiger charge is 2.49. The molecule has 1 saturated heterocycles. The molecule has 8 heteroatoms. The van der Waals surface area contributed by atoms with E-state index in [9.17, 15) is 19.2 Å². The lowest BCUT2D eigenvalue weighted by atomic mass is 9.91. The molecule has 1 aromatic rings. The van der Waals surface area contributed by atoms with Crippen molar-refractivity contribution in [1.82, 2.24) is 15.5 Å². The first-order valence-electron chi connectivity index (χ1n) is 8.37. The minimum atomic E-state index is -1.25. The zero-order valence-electron chi connectivity index (χ0n) is 15.3. The Labute approximate surface area is 151 Å². The summed E-state index contributed by atoms with van der Waals surface area (Å²) in [5.74, 6) is -1.82. The monoisotopic (exact) mass is 361 g/mol. The van der Waals surface area contributed by atoms with Crippen LogP contribution in [0.15, 0.2) is 24.3 Å². The first kappa shape index (κ1) is 19.4. The second-order valence-corrected chi connectivity index (χ2v) is 6.34. The fourth-order valence-electron chi connectivity index (χ4n) is 2.66. The van der Waals surface area contributed by atoms with Crippen LogP contribution < -0.4 is 10.6 Å². The summed E-state index contributed by atoms with van der Waals surface area (Å²) >= 11 is 0. The summed E-state index contributed by atoms with van der Waals surface area (Å²) in [6.45, 7) is 6.51. The molecule has 1 aliphatic rings. The van der Waals surface area contributed by atoms with Gasteiger partial charge in [-0.15, -0.1) is 0 Å². The Kier molecular flexibility index (Phi) is 5.64. The largest absolute Gasteiger partial charge is 0.451 e. The molecule has 0 saturated carbocycles. The average Bonchev–Trinajstić information content (AvgIpc) is 2.79. The molecule has 4 amide bonds. The highest BCUT2D eigenvalue weighted by Crippen LogP contribution is 2.28. The Morgan fingerprint density at radius 2 is 1.88 bits per heavy atom. The molecule has 0 bridgehead atoms. The van der Waals surface area contributed by atoms with Crippen molar-refractivity contribution in [1.29, 1.82) is 0 Å². The maximum absolute atomic E-state index is 12.7. The third kappa shape index (κ3) is 3.84. The number of carbonyl (C=O) groups excluding carboxylic acids is 4. The van der Waals surface area contributed by atoms with Gasteiger partial charge in [0.25, 0.3) is 11.8 Å². The number of nitrogens with one attached hydrogen (secondary N) is 2. The minimum Gasteiger partial charge on any atom is -0.451 e. The van der Waals surface area contributed by atoms with Gasteiger partial charge in [0.1, 0.15) is 12.1 Å². The number of carbonyl (C=O) groups is 4. The van der Waals surface area contributed by atoms with Crippen molar-refractivity contribution in [3.8, 4) is 0 Å². The van der Waals surface area contributed by atoms with Gasteiger partial charge in [-0.25, -0.2) is 4.79 Å². The average molecular weight is 361 g/mol. The maximum atomic E-state index is 12.7. The van der Waals surface area contributed by atoms with Gasteiger partial charge in [-0.1, -0.05) is 29.8 Å². The van der Waals surface area contributed by atoms with Crippen LogP contribution in [0.3, 0.4) is 0 Å². The first-order chi connectivity index (χ1) is 12.2. The summed E-state index contributed by atoms with van der Waals surface area (Å²) in [4.78, 5) is 49.4. The number of likely N-dealkylation sites (N-methyl/N-ethyl adjacent to an activating group) is 1. The van der Waals surface area contributed by atoms with Gasteiger partial charge in [-0.05, 0) is 33.3 Å². The second kappa shape index (κ2) is 7.55. The molecule has 0 radical (unpaired) electrons. The number of urea groups is 1. The minimum absolute atomic E-state index is 0.405. The Morgan fingerprint density at radius 3 is 2.46 bits per heavy atom. The fourth-order valence-corrected chi connectivity index (χ4v) is 2.66. The topological polar surface area (TPSA) is 105 Å². The number of imide groups is 1. The molecule has 0 spiro atoms. The molecule has 2 N–H and O–H groups in total. The Bertz CT molecular complexity index is 731. The summed E-state index contributed by atoms with van der Waals surface area (Å²) in [5, 5.41) is 5.14. The number of amides is 4. The molecule has 8 nitrogen and oxygen atoms in total. The quantitative estimate of drug-likeness (QED) is 0.577. The van der Waals surface area contributed by atoms with E-state index < -0.39 is 42.0 Å². The van der Waals surface area contributed by atoms with Crippen molar-refractivity contribution in [3.63, 3.8) is 0 Å². The first-order valence-corrected chi connectivity index (χ1v) is 8.37. The number of benzene rings is 1. The lowest BCUT2D eigenvalue weighted by Crippen LogP contribution is -2.42. The summed E-state index contributed by atoms with van der Waals surface area (Å²) in [6.07, 6.45) is -1.01. The van der Waals surface area contributed by atoms with E-state index in [0.717, 1.165) is 10.5 Å². The van der Waals surface area contributed by atoms with Crippen LogP contribution in [-0.2, 0) is 24.7 Å². The number of rotatable bonds is 6. The van der Waals surface area contributed by atoms with Gasteiger partial charge >= 0.3 is 12.0 Å². The number of ether oxygens (including phenoxy) is 1. The lowest BCUT2D eigenvalue weighted by molar-refractivity contribution is -0.156. The van der Waals surface area contributed by atoms with Crippen LogP contribution in [0, 0.1) is 6.92 Å². The van der Waals surface area contributed by atoms with Gasteiger partial charge in [0.15, 0.2) is 6.10 Å². The molecule has 0 unspecified atom stereocenters. The van der Waals surface area contributed by atoms with Crippen molar-refractivity contribution in [3.05, 3.63) is 35.4 Å². The van der Waals surface area contributed by atoms with Crippen LogP contribution in [-0.4, -0.2) is 47.9 Å². The highest BCUT2D eigenvalue weighted by atomic mass is 16.5. The highest BCUT2D eigenvalue weighted by molar-refractivity contribution is 6.08. The number of hydrogen-bond donors (Lipinski definition) is 2. The van der Waals surface area contributed by atoms with Gasteiger partial charge in [0.2, 0.25) is 0 Å². The number of esters is 1. The third-order valence-electron chi connectivity index (χ3n) is 4.22. The van der Waals surface area contributed by atoms with Gasteiger partial charge < -0.3 is 15.4 Å². The van der Waals surface area contributed by atoms with E-state index in [1.54, 1.807) is 26.0 Å². The number of aryl methyl sites for hydroxylation is 1. The van der Waals surface area contributed by atoms with E-state index in [1.807, 2.05) is 19.1 Å². The SMILES string of the molecule is CCNC(=O)[C@H](C)OC(=O)CN1C(=O)N[C@@](C)(c2ccc(C)cc2)C1=O. The second-order valence-electron chi connectivity index (χ2n) is 6.34. The molecule has 26 heavy (non-hydrogen) atoms. The van der Waals surface area contributed by atoms with Crippen LogP contribution in [0.25, 0.3) is 0 Å². The van der Waals surface area contributed by atoms with Crippen molar-refractivity contribution in [2.24, 2.45) is 0 Å². The summed E-state index contributed by atoms with van der Waals surface area (Å²) in [6, 6.07) is 6.51. The summed E-state index contributed by atoms with van der Waals surface area (Å²) in [7, 11) is 0. The lowest BCUT2D eigenvalue weighted by Gasteiger charge is -2.22. The Hall–Kier alpha value is -2.90. The molecule has 2 atom stereocenters. The predicted octanol–water partition coefficient (Wildman–Crippen LogP) is 0.830. The van der Waals surface area contributed by atoms with Crippen LogP contribution in [0.2, 0.25) is 0 Å².